The fraction of sp³-hybridized carbons (Fsp3) is 0.500. The van der Waals surface area contributed by atoms with E-state index in [9.17, 15) is 0 Å². The molecule has 3 rings (SSSR count). The van der Waals surface area contributed by atoms with Crippen molar-refractivity contribution >= 4 is 10.9 Å². The average molecular weight is 316 g/mol. The van der Waals surface area contributed by atoms with Gasteiger partial charge in [0.2, 0.25) is 5.88 Å². The number of methoxy groups -OCH3 is 2. The zero-order valence-corrected chi connectivity index (χ0v) is 13.9. The highest BCUT2D eigenvalue weighted by Crippen LogP contribution is 2.26. The van der Waals surface area contributed by atoms with Crippen LogP contribution in [0.5, 0.6) is 11.6 Å². The Labute approximate surface area is 137 Å². The Morgan fingerprint density at radius 1 is 1.13 bits per heavy atom. The Bertz CT molecular complexity index is 654. The maximum absolute atomic E-state index is 5.48. The van der Waals surface area contributed by atoms with Crippen molar-refractivity contribution in [2.45, 2.75) is 12.8 Å². The molecule has 0 amide bonds. The van der Waals surface area contributed by atoms with E-state index < -0.39 is 0 Å². The van der Waals surface area contributed by atoms with E-state index in [1.165, 1.54) is 5.56 Å². The number of fused-ring (bicyclic) bond motifs is 1. The molecule has 0 aliphatic carbocycles. The molecular weight excluding hydrogens is 292 g/mol. The van der Waals surface area contributed by atoms with Gasteiger partial charge in [0.15, 0.2) is 0 Å². The van der Waals surface area contributed by atoms with Crippen LogP contribution in [0.3, 0.4) is 0 Å². The third kappa shape index (κ3) is 3.92. The van der Waals surface area contributed by atoms with Crippen molar-refractivity contribution in [3.05, 3.63) is 29.8 Å². The first kappa shape index (κ1) is 16.0. The summed E-state index contributed by atoms with van der Waals surface area (Å²) in [6, 6.07) is 8.13. The van der Waals surface area contributed by atoms with E-state index in [1.807, 2.05) is 18.2 Å². The van der Waals surface area contributed by atoms with Crippen LogP contribution in [-0.4, -0.2) is 57.0 Å². The van der Waals surface area contributed by atoms with E-state index in [4.69, 9.17) is 14.2 Å². The van der Waals surface area contributed by atoms with Crippen LogP contribution >= 0.6 is 0 Å². The lowest BCUT2D eigenvalue weighted by molar-refractivity contribution is 0.0374. The molecule has 1 aliphatic rings. The van der Waals surface area contributed by atoms with Gasteiger partial charge in [0.05, 0.1) is 33.0 Å². The highest BCUT2D eigenvalue weighted by Gasteiger charge is 2.12. The smallest absolute Gasteiger partial charge is 0.216 e. The zero-order valence-electron chi connectivity index (χ0n) is 13.9. The lowest BCUT2D eigenvalue weighted by Gasteiger charge is -2.26. The van der Waals surface area contributed by atoms with E-state index >= 15 is 0 Å². The molecule has 0 atom stereocenters. The van der Waals surface area contributed by atoms with Crippen LogP contribution < -0.4 is 9.47 Å². The maximum Gasteiger partial charge on any atom is 0.216 e. The summed E-state index contributed by atoms with van der Waals surface area (Å²) < 4.78 is 16.1. The van der Waals surface area contributed by atoms with Gasteiger partial charge in [-0.05, 0) is 37.6 Å². The first-order valence-electron chi connectivity index (χ1n) is 8.12. The lowest BCUT2D eigenvalue weighted by atomic mass is 10.1. The molecule has 23 heavy (non-hydrogen) atoms. The summed E-state index contributed by atoms with van der Waals surface area (Å²) in [5.41, 5.74) is 2.07. The van der Waals surface area contributed by atoms with Gasteiger partial charge in [0.25, 0.3) is 0 Å². The van der Waals surface area contributed by atoms with Crippen LogP contribution in [0.1, 0.15) is 12.0 Å². The van der Waals surface area contributed by atoms with Crippen LogP contribution in [-0.2, 0) is 11.2 Å². The van der Waals surface area contributed by atoms with Crippen molar-refractivity contribution in [2.24, 2.45) is 0 Å². The Morgan fingerprint density at radius 3 is 2.70 bits per heavy atom. The van der Waals surface area contributed by atoms with Gasteiger partial charge in [-0.25, -0.2) is 4.98 Å². The Kier molecular flexibility index (Phi) is 5.31. The van der Waals surface area contributed by atoms with E-state index in [1.54, 1.807) is 14.2 Å². The molecule has 0 radical (unpaired) electrons. The largest absolute Gasteiger partial charge is 0.497 e. The molecule has 5 nitrogen and oxygen atoms in total. The number of nitrogens with zero attached hydrogens (tertiary/aromatic N) is 2. The second kappa shape index (κ2) is 7.62. The predicted molar refractivity (Wildman–Crippen MR) is 90.4 cm³/mol. The molecule has 0 saturated carbocycles. The van der Waals surface area contributed by atoms with Crippen molar-refractivity contribution in [3.63, 3.8) is 0 Å². The van der Waals surface area contributed by atoms with Crippen LogP contribution in [0, 0.1) is 0 Å². The second-order valence-electron chi connectivity index (χ2n) is 5.77. The minimum absolute atomic E-state index is 0.715. The highest BCUT2D eigenvalue weighted by atomic mass is 16.5. The SMILES string of the molecule is COc1ccc2cc(CCCN3CCOCC3)c(OC)nc2c1. The summed E-state index contributed by atoms with van der Waals surface area (Å²) in [7, 11) is 3.35. The molecule has 5 heteroatoms. The zero-order chi connectivity index (χ0) is 16.1. The number of hydrogen-bond donors (Lipinski definition) is 0. The summed E-state index contributed by atoms with van der Waals surface area (Å²) in [5.74, 6) is 1.53. The molecule has 2 heterocycles. The van der Waals surface area contributed by atoms with Crippen LogP contribution in [0.2, 0.25) is 0 Å². The molecule has 1 saturated heterocycles. The number of morpholine rings is 1. The minimum atomic E-state index is 0.715. The van der Waals surface area contributed by atoms with Gasteiger partial charge in [0.1, 0.15) is 5.75 Å². The average Bonchev–Trinajstić information content (AvgIpc) is 2.61. The first-order chi connectivity index (χ1) is 11.3. The fourth-order valence-electron chi connectivity index (χ4n) is 2.97. The predicted octanol–water partition coefficient (Wildman–Crippen LogP) is 2.52. The molecular formula is C18H24N2O3. The van der Waals surface area contributed by atoms with Crippen LogP contribution in [0.25, 0.3) is 10.9 Å². The van der Waals surface area contributed by atoms with Gasteiger partial charge in [-0.2, -0.15) is 0 Å². The van der Waals surface area contributed by atoms with Gasteiger partial charge in [0, 0.05) is 30.1 Å². The fourth-order valence-corrected chi connectivity index (χ4v) is 2.97. The molecule has 124 valence electrons. The van der Waals surface area contributed by atoms with Gasteiger partial charge in [-0.15, -0.1) is 0 Å². The van der Waals surface area contributed by atoms with Crippen molar-refractivity contribution in [2.75, 3.05) is 47.1 Å². The van der Waals surface area contributed by atoms with Crippen molar-refractivity contribution in [1.82, 2.24) is 9.88 Å². The summed E-state index contributed by atoms with van der Waals surface area (Å²) in [5, 5.41) is 1.12. The third-order valence-electron chi connectivity index (χ3n) is 4.28. The van der Waals surface area contributed by atoms with Crippen LogP contribution in [0.15, 0.2) is 24.3 Å². The summed E-state index contributed by atoms with van der Waals surface area (Å²) in [6.07, 6.45) is 2.06. The van der Waals surface area contributed by atoms with E-state index in [0.717, 1.165) is 62.3 Å². The number of hydrogen-bond acceptors (Lipinski definition) is 5. The molecule has 0 N–H and O–H groups in total. The number of aromatic nitrogens is 1. The molecule has 0 bridgehead atoms. The number of pyridine rings is 1. The van der Waals surface area contributed by atoms with Crippen LogP contribution in [0.4, 0.5) is 0 Å². The number of benzene rings is 1. The van der Waals surface area contributed by atoms with Gasteiger partial charge in [-0.3, -0.25) is 4.90 Å². The van der Waals surface area contributed by atoms with E-state index in [-0.39, 0.29) is 0 Å². The normalized spacial score (nSPS) is 15.7. The quantitative estimate of drug-likeness (QED) is 0.819. The number of ether oxygens (including phenoxy) is 3. The lowest BCUT2D eigenvalue weighted by Crippen LogP contribution is -2.36. The molecule has 1 aromatic heterocycles. The Morgan fingerprint density at radius 2 is 1.96 bits per heavy atom. The van der Waals surface area contributed by atoms with E-state index in [0.29, 0.717) is 5.88 Å². The molecule has 1 fully saturated rings. The van der Waals surface area contributed by atoms with Gasteiger partial charge < -0.3 is 14.2 Å². The van der Waals surface area contributed by atoms with Crippen molar-refractivity contribution in [3.8, 4) is 11.6 Å². The second-order valence-corrected chi connectivity index (χ2v) is 5.77. The monoisotopic (exact) mass is 316 g/mol. The van der Waals surface area contributed by atoms with Crippen molar-refractivity contribution < 1.29 is 14.2 Å². The Hall–Kier alpha value is -1.85. The molecule has 1 aliphatic heterocycles. The number of aryl methyl sites for hydroxylation is 1. The van der Waals surface area contributed by atoms with E-state index in [2.05, 4.69) is 16.0 Å². The standard InChI is InChI=1S/C18H24N2O3/c1-21-16-6-5-14-12-15(18(22-2)19-17(14)13-16)4-3-7-20-8-10-23-11-9-20/h5-6,12-13H,3-4,7-11H2,1-2H3. The van der Waals surface area contributed by atoms with Crippen molar-refractivity contribution in [1.29, 1.82) is 0 Å². The summed E-state index contributed by atoms with van der Waals surface area (Å²) in [6.45, 7) is 4.86. The summed E-state index contributed by atoms with van der Waals surface area (Å²) in [4.78, 5) is 7.09. The maximum atomic E-state index is 5.48. The third-order valence-corrected chi connectivity index (χ3v) is 4.28. The van der Waals surface area contributed by atoms with Gasteiger partial charge >= 0.3 is 0 Å². The molecule has 2 aromatic rings. The molecule has 0 spiro atoms. The first-order valence-corrected chi connectivity index (χ1v) is 8.12. The van der Waals surface area contributed by atoms with Gasteiger partial charge in [-0.1, -0.05) is 0 Å². The molecule has 1 aromatic carbocycles. The molecule has 0 unspecified atom stereocenters. The topological polar surface area (TPSA) is 43.8 Å². The minimum Gasteiger partial charge on any atom is -0.497 e. The Balaban J connectivity index is 1.71. The number of rotatable bonds is 6. The highest BCUT2D eigenvalue weighted by molar-refractivity contribution is 5.81. The summed E-state index contributed by atoms with van der Waals surface area (Å²) >= 11 is 0.